The molecule has 1 saturated heterocycles. The minimum Gasteiger partial charge on any atom is -0.377 e. The third-order valence-electron chi connectivity index (χ3n) is 2.91. The molecule has 0 aromatic carbocycles. The lowest BCUT2D eigenvalue weighted by atomic mass is 10.1. The van der Waals surface area contributed by atoms with E-state index in [0.29, 0.717) is 12.1 Å². The Bertz CT molecular complexity index is 306. The highest BCUT2D eigenvalue weighted by Gasteiger charge is 2.21. The Morgan fingerprint density at radius 2 is 2.60 bits per heavy atom. The van der Waals surface area contributed by atoms with Crippen molar-refractivity contribution < 1.29 is 4.74 Å². The molecule has 1 aromatic heterocycles. The SMILES string of the molecule is CC(NCc1nncn1C)C1CCCO1. The number of rotatable bonds is 4. The van der Waals surface area contributed by atoms with Gasteiger partial charge in [-0.1, -0.05) is 0 Å². The largest absolute Gasteiger partial charge is 0.377 e. The zero-order valence-electron chi connectivity index (χ0n) is 9.31. The molecule has 2 heterocycles. The maximum atomic E-state index is 5.61. The van der Waals surface area contributed by atoms with E-state index in [2.05, 4.69) is 22.4 Å². The minimum absolute atomic E-state index is 0.359. The molecule has 5 heteroatoms. The van der Waals surface area contributed by atoms with E-state index < -0.39 is 0 Å². The molecule has 0 spiro atoms. The maximum absolute atomic E-state index is 5.61. The number of aromatic nitrogens is 3. The van der Waals surface area contributed by atoms with Gasteiger partial charge in [-0.2, -0.15) is 0 Å². The second-order valence-electron chi connectivity index (χ2n) is 4.08. The van der Waals surface area contributed by atoms with Crippen molar-refractivity contribution in [3.8, 4) is 0 Å². The molecule has 1 aliphatic heterocycles. The molecule has 0 aliphatic carbocycles. The van der Waals surface area contributed by atoms with Gasteiger partial charge in [-0.05, 0) is 19.8 Å². The molecule has 15 heavy (non-hydrogen) atoms. The monoisotopic (exact) mass is 210 g/mol. The average molecular weight is 210 g/mol. The van der Waals surface area contributed by atoms with E-state index in [1.54, 1.807) is 6.33 Å². The first kappa shape index (κ1) is 10.6. The predicted molar refractivity (Wildman–Crippen MR) is 56.3 cm³/mol. The summed E-state index contributed by atoms with van der Waals surface area (Å²) >= 11 is 0. The van der Waals surface area contributed by atoms with Crippen LogP contribution in [-0.2, 0) is 18.3 Å². The number of nitrogens with one attached hydrogen (secondary N) is 1. The summed E-state index contributed by atoms with van der Waals surface area (Å²) in [5.74, 6) is 0.958. The quantitative estimate of drug-likeness (QED) is 0.785. The second-order valence-corrected chi connectivity index (χ2v) is 4.08. The van der Waals surface area contributed by atoms with Gasteiger partial charge in [0.15, 0.2) is 0 Å². The topological polar surface area (TPSA) is 52.0 Å². The molecule has 2 unspecified atom stereocenters. The van der Waals surface area contributed by atoms with Crippen molar-refractivity contribution >= 4 is 0 Å². The van der Waals surface area contributed by atoms with Crippen molar-refractivity contribution in [1.29, 1.82) is 0 Å². The number of nitrogens with zero attached hydrogens (tertiary/aromatic N) is 3. The van der Waals surface area contributed by atoms with Crippen LogP contribution >= 0.6 is 0 Å². The van der Waals surface area contributed by atoms with Crippen LogP contribution < -0.4 is 5.32 Å². The number of hydrogen-bond acceptors (Lipinski definition) is 4. The molecule has 1 fully saturated rings. The fraction of sp³-hybridized carbons (Fsp3) is 0.800. The Labute approximate surface area is 89.8 Å². The van der Waals surface area contributed by atoms with Gasteiger partial charge in [0.2, 0.25) is 0 Å². The lowest BCUT2D eigenvalue weighted by molar-refractivity contribution is 0.0829. The van der Waals surface area contributed by atoms with Gasteiger partial charge in [0.1, 0.15) is 12.2 Å². The summed E-state index contributed by atoms with van der Waals surface area (Å²) in [6.07, 6.45) is 4.42. The lowest BCUT2D eigenvalue weighted by Gasteiger charge is -2.19. The Balaban J connectivity index is 1.80. The van der Waals surface area contributed by atoms with Crippen molar-refractivity contribution in [1.82, 2.24) is 20.1 Å². The Morgan fingerprint density at radius 3 is 3.20 bits per heavy atom. The summed E-state index contributed by atoms with van der Waals surface area (Å²) < 4.78 is 7.54. The van der Waals surface area contributed by atoms with Crippen molar-refractivity contribution in [3.63, 3.8) is 0 Å². The lowest BCUT2D eigenvalue weighted by Crippen LogP contribution is -2.37. The van der Waals surface area contributed by atoms with Crippen molar-refractivity contribution in [2.75, 3.05) is 6.61 Å². The molecule has 0 bridgehead atoms. The van der Waals surface area contributed by atoms with E-state index in [1.165, 1.54) is 6.42 Å². The van der Waals surface area contributed by atoms with E-state index >= 15 is 0 Å². The molecular weight excluding hydrogens is 192 g/mol. The summed E-state index contributed by atoms with van der Waals surface area (Å²) in [6, 6.07) is 0.379. The van der Waals surface area contributed by atoms with Crippen LogP contribution in [0.1, 0.15) is 25.6 Å². The van der Waals surface area contributed by atoms with Crippen LogP contribution in [0.4, 0.5) is 0 Å². The number of ether oxygens (including phenoxy) is 1. The van der Waals surface area contributed by atoms with Gasteiger partial charge in [-0.15, -0.1) is 10.2 Å². The van der Waals surface area contributed by atoms with E-state index in [4.69, 9.17) is 4.74 Å². The molecule has 2 rings (SSSR count). The van der Waals surface area contributed by atoms with E-state index in [0.717, 1.165) is 25.4 Å². The zero-order valence-corrected chi connectivity index (χ0v) is 9.31. The van der Waals surface area contributed by atoms with Crippen molar-refractivity contribution in [3.05, 3.63) is 12.2 Å². The van der Waals surface area contributed by atoms with Crippen LogP contribution in [0, 0.1) is 0 Å². The minimum atomic E-state index is 0.359. The maximum Gasteiger partial charge on any atom is 0.146 e. The zero-order chi connectivity index (χ0) is 10.7. The van der Waals surface area contributed by atoms with Gasteiger partial charge >= 0.3 is 0 Å². The standard InChI is InChI=1S/C10H18N4O/c1-8(9-4-3-5-15-9)11-6-10-13-12-7-14(10)2/h7-9,11H,3-6H2,1-2H3. The molecule has 84 valence electrons. The summed E-state index contributed by atoms with van der Waals surface area (Å²) in [5.41, 5.74) is 0. The third-order valence-corrected chi connectivity index (χ3v) is 2.91. The van der Waals surface area contributed by atoms with Crippen LogP contribution in [0.15, 0.2) is 6.33 Å². The van der Waals surface area contributed by atoms with Gasteiger partial charge in [0.05, 0.1) is 12.6 Å². The molecule has 0 amide bonds. The number of aryl methyl sites for hydroxylation is 1. The van der Waals surface area contributed by atoms with E-state index in [9.17, 15) is 0 Å². The summed E-state index contributed by atoms with van der Waals surface area (Å²) in [5, 5.41) is 11.3. The van der Waals surface area contributed by atoms with Crippen LogP contribution in [0.5, 0.6) is 0 Å². The Morgan fingerprint density at radius 1 is 1.73 bits per heavy atom. The first-order valence-corrected chi connectivity index (χ1v) is 5.45. The molecule has 0 saturated carbocycles. The van der Waals surface area contributed by atoms with Crippen molar-refractivity contribution in [2.24, 2.45) is 7.05 Å². The predicted octanol–water partition coefficient (Wildman–Crippen LogP) is 0.472. The summed E-state index contributed by atoms with van der Waals surface area (Å²) in [7, 11) is 1.95. The van der Waals surface area contributed by atoms with Crippen LogP contribution in [0.2, 0.25) is 0 Å². The first-order chi connectivity index (χ1) is 7.27. The molecule has 2 atom stereocenters. The molecule has 1 aromatic rings. The normalized spacial score (nSPS) is 23.2. The van der Waals surface area contributed by atoms with Gasteiger partial charge < -0.3 is 14.6 Å². The fourth-order valence-electron chi connectivity index (χ4n) is 1.85. The highest BCUT2D eigenvalue weighted by Crippen LogP contribution is 2.15. The van der Waals surface area contributed by atoms with Crippen LogP contribution in [0.25, 0.3) is 0 Å². The van der Waals surface area contributed by atoms with Gasteiger partial charge in [-0.3, -0.25) is 0 Å². The molecule has 1 N–H and O–H groups in total. The number of hydrogen-bond donors (Lipinski definition) is 1. The summed E-state index contributed by atoms with van der Waals surface area (Å²) in [4.78, 5) is 0. The van der Waals surface area contributed by atoms with Crippen LogP contribution in [0.3, 0.4) is 0 Å². The average Bonchev–Trinajstić information content (AvgIpc) is 2.85. The highest BCUT2D eigenvalue weighted by atomic mass is 16.5. The molecule has 0 radical (unpaired) electrons. The summed E-state index contributed by atoms with van der Waals surface area (Å²) in [6.45, 7) is 3.81. The van der Waals surface area contributed by atoms with Crippen LogP contribution in [-0.4, -0.2) is 33.5 Å². The first-order valence-electron chi connectivity index (χ1n) is 5.45. The van der Waals surface area contributed by atoms with E-state index in [-0.39, 0.29) is 0 Å². The Hall–Kier alpha value is -0.940. The van der Waals surface area contributed by atoms with E-state index in [1.807, 2.05) is 11.6 Å². The van der Waals surface area contributed by atoms with Gasteiger partial charge in [-0.25, -0.2) is 0 Å². The third kappa shape index (κ3) is 2.54. The second kappa shape index (κ2) is 4.72. The van der Waals surface area contributed by atoms with Gasteiger partial charge in [0, 0.05) is 19.7 Å². The molecule has 5 nitrogen and oxygen atoms in total. The smallest absolute Gasteiger partial charge is 0.146 e. The fourth-order valence-corrected chi connectivity index (χ4v) is 1.85. The van der Waals surface area contributed by atoms with Crippen molar-refractivity contribution in [2.45, 2.75) is 38.5 Å². The molecule has 1 aliphatic rings. The Kier molecular flexibility index (Phi) is 3.33. The highest BCUT2D eigenvalue weighted by molar-refractivity contribution is 4.85. The molecular formula is C10H18N4O. The van der Waals surface area contributed by atoms with Gasteiger partial charge in [0.25, 0.3) is 0 Å².